The molecule has 0 bridgehead atoms. The molecule has 1 saturated carbocycles. The van der Waals surface area contributed by atoms with Gasteiger partial charge in [-0.3, -0.25) is 19.7 Å². The number of alkyl halides is 1. The maximum atomic E-state index is 15.5. The molecule has 0 spiro atoms. The molecule has 8 nitrogen and oxygen atoms in total. The van der Waals surface area contributed by atoms with Crippen molar-refractivity contribution in [3.63, 3.8) is 0 Å². The molecule has 1 fully saturated rings. The molecular weight excluding hydrogens is 454 g/mol. The van der Waals surface area contributed by atoms with E-state index in [1.165, 1.54) is 18.5 Å². The van der Waals surface area contributed by atoms with Gasteiger partial charge < -0.3 is 9.72 Å². The van der Waals surface area contributed by atoms with Crippen LogP contribution in [0, 0.1) is 11.7 Å². The normalized spacial score (nSPS) is 20.0. The molecular formula is C22H15ClF2N6O2. The number of hydrogen-bond acceptors (Lipinski definition) is 5. The van der Waals surface area contributed by atoms with E-state index in [0.717, 1.165) is 0 Å². The number of nitrogens with zero attached hydrogens (tertiary/aromatic N) is 4. The zero-order chi connectivity index (χ0) is 22.9. The van der Waals surface area contributed by atoms with Crippen LogP contribution in [0.2, 0.25) is 5.02 Å². The number of H-pyrrole nitrogens is 1. The van der Waals surface area contributed by atoms with E-state index >= 15 is 4.39 Å². The summed E-state index contributed by atoms with van der Waals surface area (Å²) >= 11 is 6.48. The van der Waals surface area contributed by atoms with E-state index in [9.17, 15) is 14.0 Å². The van der Waals surface area contributed by atoms with Crippen LogP contribution in [0.5, 0.6) is 0 Å². The Morgan fingerprint density at radius 3 is 2.79 bits per heavy atom. The van der Waals surface area contributed by atoms with Gasteiger partial charge in [0.1, 0.15) is 6.17 Å². The Labute approximate surface area is 189 Å². The molecule has 6 rings (SSSR count). The molecule has 166 valence electrons. The van der Waals surface area contributed by atoms with E-state index < -0.39 is 23.8 Å². The quantitative estimate of drug-likeness (QED) is 0.469. The first-order valence-corrected chi connectivity index (χ1v) is 10.7. The third kappa shape index (κ3) is 3.20. The number of amides is 1. The van der Waals surface area contributed by atoms with E-state index in [2.05, 4.69) is 25.5 Å². The molecule has 4 aromatic rings. The number of carbonyl (C=O) groups is 2. The summed E-state index contributed by atoms with van der Waals surface area (Å²) < 4.78 is 30.2. The molecule has 1 aromatic carbocycles. The van der Waals surface area contributed by atoms with E-state index in [4.69, 9.17) is 11.6 Å². The third-order valence-electron chi connectivity index (χ3n) is 5.99. The van der Waals surface area contributed by atoms with Gasteiger partial charge in [0.05, 0.1) is 40.7 Å². The fourth-order valence-corrected chi connectivity index (χ4v) is 4.50. The Kier molecular flexibility index (Phi) is 4.34. The minimum Gasteiger partial charge on any atom is -0.309 e. The van der Waals surface area contributed by atoms with E-state index in [1.807, 2.05) is 0 Å². The van der Waals surface area contributed by atoms with Crippen LogP contribution in [-0.4, -0.2) is 42.4 Å². The standard InChI is InChI=1S/C22H15ClF2N6O2/c23-19-18(12-5-27-30-21(12)17(20(19)25)9-1-2-10(32)3-9)14-7-31-8-15(28-16(31)6-26-14)29-22(33)11-4-13(11)24/h3,5-8,11,13H,1-2,4H2,(H,27,30)(H,29,33). The summed E-state index contributed by atoms with van der Waals surface area (Å²) in [6, 6.07) is 0. The summed E-state index contributed by atoms with van der Waals surface area (Å²) in [6.45, 7) is 0. The molecule has 33 heavy (non-hydrogen) atoms. The fourth-order valence-electron chi connectivity index (χ4n) is 4.20. The van der Waals surface area contributed by atoms with Crippen molar-refractivity contribution in [2.75, 3.05) is 5.32 Å². The minimum absolute atomic E-state index is 0.0592. The molecule has 0 radical (unpaired) electrons. The zero-order valence-electron chi connectivity index (χ0n) is 16.9. The average Bonchev–Trinajstić information content (AvgIpc) is 3.16. The van der Waals surface area contributed by atoms with Crippen molar-refractivity contribution >= 4 is 51.2 Å². The summed E-state index contributed by atoms with van der Waals surface area (Å²) in [5.74, 6) is -1.51. The maximum Gasteiger partial charge on any atom is 0.231 e. The smallest absolute Gasteiger partial charge is 0.231 e. The summed E-state index contributed by atoms with van der Waals surface area (Å²) in [7, 11) is 0. The summed E-state index contributed by atoms with van der Waals surface area (Å²) in [5, 5.41) is 9.89. The molecule has 0 saturated heterocycles. The molecule has 11 heteroatoms. The zero-order valence-corrected chi connectivity index (χ0v) is 17.7. The largest absolute Gasteiger partial charge is 0.309 e. The molecule has 2 aliphatic rings. The van der Waals surface area contributed by atoms with Gasteiger partial charge in [0, 0.05) is 29.1 Å². The highest BCUT2D eigenvalue weighted by Crippen LogP contribution is 2.42. The third-order valence-corrected chi connectivity index (χ3v) is 6.34. The monoisotopic (exact) mass is 468 g/mol. The molecule has 3 aromatic heterocycles. The van der Waals surface area contributed by atoms with Gasteiger partial charge in [0.25, 0.3) is 0 Å². The summed E-state index contributed by atoms with van der Waals surface area (Å²) in [5.41, 5.74) is 2.38. The second-order valence-corrected chi connectivity index (χ2v) is 8.56. The van der Waals surface area contributed by atoms with Gasteiger partial charge in [-0.25, -0.2) is 13.8 Å². The van der Waals surface area contributed by atoms with Gasteiger partial charge in [-0.1, -0.05) is 11.6 Å². The highest BCUT2D eigenvalue weighted by Gasteiger charge is 2.43. The number of aromatic amines is 1. The maximum absolute atomic E-state index is 15.5. The molecule has 0 aliphatic heterocycles. The van der Waals surface area contributed by atoms with Gasteiger partial charge >= 0.3 is 0 Å². The number of nitrogens with one attached hydrogen (secondary N) is 2. The van der Waals surface area contributed by atoms with Crippen LogP contribution in [0.4, 0.5) is 14.6 Å². The Bertz CT molecular complexity index is 1520. The number of hydrogen-bond donors (Lipinski definition) is 2. The van der Waals surface area contributed by atoms with Gasteiger partial charge in [-0.05, 0) is 24.5 Å². The molecule has 2 unspecified atom stereocenters. The Morgan fingerprint density at radius 1 is 1.24 bits per heavy atom. The topological polar surface area (TPSA) is 105 Å². The fraction of sp³-hybridized carbons (Fsp3) is 0.227. The van der Waals surface area contributed by atoms with E-state index in [1.54, 1.807) is 16.8 Å². The predicted octanol–water partition coefficient (Wildman–Crippen LogP) is 4.11. The number of carbonyl (C=O) groups excluding carboxylic acids is 2. The minimum atomic E-state index is -1.11. The van der Waals surface area contributed by atoms with Gasteiger partial charge in [0.2, 0.25) is 5.91 Å². The molecule has 3 heterocycles. The van der Waals surface area contributed by atoms with Crippen LogP contribution >= 0.6 is 11.6 Å². The summed E-state index contributed by atoms with van der Waals surface area (Å²) in [4.78, 5) is 32.4. The van der Waals surface area contributed by atoms with Crippen molar-refractivity contribution in [2.24, 2.45) is 5.92 Å². The molecule has 2 N–H and O–H groups in total. The van der Waals surface area contributed by atoms with Crippen LogP contribution < -0.4 is 5.32 Å². The van der Waals surface area contributed by atoms with E-state index in [0.29, 0.717) is 46.2 Å². The van der Waals surface area contributed by atoms with Crippen molar-refractivity contribution in [3.05, 3.63) is 47.3 Å². The lowest BCUT2D eigenvalue weighted by atomic mass is 9.97. The van der Waals surface area contributed by atoms with Crippen LogP contribution in [0.3, 0.4) is 0 Å². The summed E-state index contributed by atoms with van der Waals surface area (Å²) in [6.07, 6.45) is 7.48. The van der Waals surface area contributed by atoms with Crippen molar-refractivity contribution < 1.29 is 18.4 Å². The van der Waals surface area contributed by atoms with Crippen molar-refractivity contribution in [2.45, 2.75) is 25.4 Å². The number of fused-ring (bicyclic) bond motifs is 2. The number of allylic oxidation sites excluding steroid dienone is 2. The van der Waals surface area contributed by atoms with Crippen LogP contribution in [-0.2, 0) is 9.59 Å². The number of rotatable bonds is 4. The Balaban J connectivity index is 1.44. The second kappa shape index (κ2) is 7.17. The van der Waals surface area contributed by atoms with E-state index in [-0.39, 0.29) is 28.6 Å². The number of ketones is 1. The first kappa shape index (κ1) is 20.0. The highest BCUT2D eigenvalue weighted by atomic mass is 35.5. The van der Waals surface area contributed by atoms with Crippen LogP contribution in [0.1, 0.15) is 24.8 Å². The first-order valence-electron chi connectivity index (χ1n) is 10.3. The van der Waals surface area contributed by atoms with Crippen molar-refractivity contribution in [1.82, 2.24) is 24.6 Å². The highest BCUT2D eigenvalue weighted by molar-refractivity contribution is 6.35. The number of halogens is 3. The van der Waals surface area contributed by atoms with Crippen molar-refractivity contribution in [3.8, 4) is 11.3 Å². The Hall–Kier alpha value is -3.66. The molecule has 1 amide bonds. The first-order chi connectivity index (χ1) is 15.9. The van der Waals surface area contributed by atoms with Gasteiger partial charge in [-0.2, -0.15) is 5.10 Å². The predicted molar refractivity (Wildman–Crippen MR) is 117 cm³/mol. The lowest BCUT2D eigenvalue weighted by Crippen LogP contribution is -2.15. The number of anilines is 1. The lowest BCUT2D eigenvalue weighted by molar-refractivity contribution is -0.117. The average molecular weight is 469 g/mol. The van der Waals surface area contributed by atoms with Crippen molar-refractivity contribution in [1.29, 1.82) is 0 Å². The Morgan fingerprint density at radius 2 is 2.06 bits per heavy atom. The van der Waals surface area contributed by atoms with Gasteiger partial charge in [0.15, 0.2) is 23.1 Å². The van der Waals surface area contributed by atoms with Crippen LogP contribution in [0.15, 0.2) is 30.9 Å². The number of aromatic nitrogens is 5. The molecule has 2 aliphatic carbocycles. The number of imidazole rings is 1. The molecule has 2 atom stereocenters. The lowest BCUT2D eigenvalue weighted by Gasteiger charge is -2.12. The number of benzene rings is 1. The second-order valence-electron chi connectivity index (χ2n) is 8.18. The van der Waals surface area contributed by atoms with Crippen LogP contribution in [0.25, 0.3) is 33.4 Å². The SMILES string of the molecule is O=C1C=C(c2c(F)c(Cl)c(-c3cn4cc(NC(=O)C5CC5F)nc4cn3)c3cn[nH]c23)CC1. The van der Waals surface area contributed by atoms with Gasteiger partial charge in [-0.15, -0.1) is 0 Å².